The van der Waals surface area contributed by atoms with Gasteiger partial charge in [0.1, 0.15) is 0 Å². The Balaban J connectivity index is 2.25. The normalized spacial score (nSPS) is 28.1. The largest absolute Gasteiger partial charge is 0.282 e. The van der Waals surface area contributed by atoms with E-state index >= 15 is 0 Å². The van der Waals surface area contributed by atoms with Crippen molar-refractivity contribution < 1.29 is 8.42 Å². The van der Waals surface area contributed by atoms with Gasteiger partial charge in [-0.2, -0.15) is 5.10 Å². The van der Waals surface area contributed by atoms with Crippen LogP contribution in [0.5, 0.6) is 0 Å². The molecule has 1 atom stereocenters. The zero-order chi connectivity index (χ0) is 11.8. The molecule has 0 aliphatic carbocycles. The topological polar surface area (TPSA) is 66.1 Å². The average Bonchev–Trinajstić information content (AvgIpc) is 2.69. The van der Waals surface area contributed by atoms with Gasteiger partial charge in [0, 0.05) is 30.4 Å². The Morgan fingerprint density at radius 2 is 2.31 bits per heavy atom. The van der Waals surface area contributed by atoms with Gasteiger partial charge in [0.25, 0.3) is 0 Å². The molecular weight excluding hydrogens is 226 g/mol. The number of H-pyrrole nitrogens is 1. The molecule has 1 unspecified atom stereocenters. The fraction of sp³-hybridized carbons (Fsp3) is 0.700. The first-order valence-corrected chi connectivity index (χ1v) is 7.22. The van der Waals surface area contributed by atoms with Gasteiger partial charge in [-0.3, -0.25) is 5.10 Å². The van der Waals surface area contributed by atoms with Gasteiger partial charge in [-0.15, -0.1) is 0 Å². The third-order valence-corrected chi connectivity index (χ3v) is 4.53. The highest BCUT2D eigenvalue weighted by atomic mass is 32.2. The second-order valence-electron chi connectivity index (χ2n) is 4.73. The summed E-state index contributed by atoms with van der Waals surface area (Å²) in [5.41, 5.74) is 0.874. The molecule has 0 radical (unpaired) electrons. The molecule has 1 saturated heterocycles. The lowest BCUT2D eigenvalue weighted by molar-refractivity contribution is 0.237. The molecule has 1 aliphatic rings. The Hall–Kier alpha value is -0.880. The molecule has 1 N–H and O–H groups in total. The van der Waals surface area contributed by atoms with Crippen LogP contribution in [-0.4, -0.2) is 42.3 Å². The molecule has 1 aromatic heterocycles. The summed E-state index contributed by atoms with van der Waals surface area (Å²) in [5, 5.41) is 6.88. The van der Waals surface area contributed by atoms with Crippen LogP contribution in [-0.2, 0) is 15.4 Å². The van der Waals surface area contributed by atoms with Crippen LogP contribution in [0, 0.1) is 0 Å². The molecule has 2 heterocycles. The number of nitrogens with one attached hydrogen (secondary N) is 1. The van der Waals surface area contributed by atoms with Gasteiger partial charge in [-0.25, -0.2) is 12.7 Å². The monoisotopic (exact) mass is 243 g/mol. The third-order valence-electron chi connectivity index (χ3n) is 3.28. The Labute approximate surface area is 95.9 Å². The van der Waals surface area contributed by atoms with Crippen LogP contribution in [0.15, 0.2) is 12.3 Å². The number of aromatic amines is 1. The second-order valence-corrected chi connectivity index (χ2v) is 6.71. The Bertz CT molecular complexity index is 454. The summed E-state index contributed by atoms with van der Waals surface area (Å²) in [4.78, 5) is 0. The minimum absolute atomic E-state index is 0.141. The van der Waals surface area contributed by atoms with Gasteiger partial charge in [0.05, 0.1) is 6.26 Å². The molecule has 5 nitrogen and oxygen atoms in total. The number of nitrogens with zero attached hydrogens (tertiary/aromatic N) is 2. The molecule has 90 valence electrons. The molecule has 1 fully saturated rings. The number of aromatic nitrogens is 2. The average molecular weight is 243 g/mol. The lowest BCUT2D eigenvalue weighted by Crippen LogP contribution is -2.46. The molecule has 2 rings (SSSR count). The first-order valence-electron chi connectivity index (χ1n) is 5.37. The van der Waals surface area contributed by atoms with E-state index in [1.165, 1.54) is 6.26 Å². The maximum atomic E-state index is 11.5. The summed E-state index contributed by atoms with van der Waals surface area (Å²) in [5.74, 6) is 0. The molecule has 0 bridgehead atoms. The van der Waals surface area contributed by atoms with Crippen LogP contribution in [0.3, 0.4) is 0 Å². The van der Waals surface area contributed by atoms with E-state index in [9.17, 15) is 8.42 Å². The van der Waals surface area contributed by atoms with Gasteiger partial charge in [-0.05, 0) is 18.9 Å². The lowest BCUT2D eigenvalue weighted by Gasteiger charge is -2.38. The first kappa shape index (κ1) is 11.6. The van der Waals surface area contributed by atoms with E-state index in [0.717, 1.165) is 18.5 Å². The summed E-state index contributed by atoms with van der Waals surface area (Å²) >= 11 is 0. The van der Waals surface area contributed by atoms with Crippen molar-refractivity contribution in [1.82, 2.24) is 14.5 Å². The number of hydrogen-bond donors (Lipinski definition) is 1. The number of piperidine rings is 1. The van der Waals surface area contributed by atoms with Crippen molar-refractivity contribution >= 4 is 10.0 Å². The van der Waals surface area contributed by atoms with Crippen molar-refractivity contribution in [2.45, 2.75) is 25.2 Å². The first-order chi connectivity index (χ1) is 7.42. The maximum Gasteiger partial charge on any atom is 0.211 e. The third kappa shape index (κ3) is 2.12. The van der Waals surface area contributed by atoms with Crippen LogP contribution < -0.4 is 0 Å². The molecule has 6 heteroatoms. The molecule has 0 saturated carbocycles. The summed E-state index contributed by atoms with van der Waals surface area (Å²) in [6, 6.07) is 1.92. The van der Waals surface area contributed by atoms with Gasteiger partial charge in [0.2, 0.25) is 10.0 Å². The molecule has 1 aliphatic heterocycles. The fourth-order valence-electron chi connectivity index (χ4n) is 2.29. The van der Waals surface area contributed by atoms with Crippen LogP contribution in [0.25, 0.3) is 0 Å². The van der Waals surface area contributed by atoms with Gasteiger partial charge in [0.15, 0.2) is 0 Å². The van der Waals surface area contributed by atoms with Gasteiger partial charge in [-0.1, -0.05) is 6.92 Å². The van der Waals surface area contributed by atoms with E-state index in [1.807, 2.05) is 6.07 Å². The standard InChI is InChI=1S/C10H17N3O2S/c1-10(9-4-6-11-12-9)5-3-7-13(8-10)16(2,14)15/h4,6H,3,5,7-8H2,1-2H3,(H,11,12). The Morgan fingerprint density at radius 3 is 2.88 bits per heavy atom. The van der Waals surface area contributed by atoms with Crippen LogP contribution in [0.1, 0.15) is 25.5 Å². The van der Waals surface area contributed by atoms with Crippen molar-refractivity contribution in [3.8, 4) is 0 Å². The maximum absolute atomic E-state index is 11.5. The lowest BCUT2D eigenvalue weighted by atomic mass is 9.80. The molecule has 16 heavy (non-hydrogen) atoms. The van der Waals surface area contributed by atoms with E-state index in [0.29, 0.717) is 13.1 Å². The van der Waals surface area contributed by atoms with Crippen LogP contribution in [0.4, 0.5) is 0 Å². The summed E-state index contributed by atoms with van der Waals surface area (Å²) in [6.45, 7) is 3.24. The molecular formula is C10H17N3O2S. The highest BCUT2D eigenvalue weighted by Gasteiger charge is 2.36. The highest BCUT2D eigenvalue weighted by molar-refractivity contribution is 7.88. The molecule has 0 amide bonds. The minimum atomic E-state index is -3.09. The molecule has 1 aromatic rings. The summed E-state index contributed by atoms with van der Waals surface area (Å²) in [7, 11) is -3.09. The van der Waals surface area contributed by atoms with E-state index in [2.05, 4.69) is 17.1 Å². The van der Waals surface area contributed by atoms with Crippen LogP contribution in [0.2, 0.25) is 0 Å². The van der Waals surface area contributed by atoms with Crippen molar-refractivity contribution in [3.63, 3.8) is 0 Å². The molecule has 0 spiro atoms. The van der Waals surface area contributed by atoms with E-state index in [-0.39, 0.29) is 5.41 Å². The SMILES string of the molecule is CC1(c2ccn[nH]2)CCCN(S(C)(=O)=O)C1. The molecule has 0 aromatic carbocycles. The summed E-state index contributed by atoms with van der Waals surface area (Å²) < 4.78 is 24.6. The zero-order valence-corrected chi connectivity index (χ0v) is 10.4. The highest BCUT2D eigenvalue weighted by Crippen LogP contribution is 2.33. The Morgan fingerprint density at radius 1 is 1.56 bits per heavy atom. The van der Waals surface area contributed by atoms with Crippen molar-refractivity contribution in [3.05, 3.63) is 18.0 Å². The second kappa shape index (κ2) is 3.85. The number of hydrogen-bond acceptors (Lipinski definition) is 3. The Kier molecular flexibility index (Phi) is 2.79. The smallest absolute Gasteiger partial charge is 0.211 e. The van der Waals surface area contributed by atoms with E-state index in [4.69, 9.17) is 0 Å². The predicted octanol–water partition coefficient (Wildman–Crippen LogP) is 0.723. The minimum Gasteiger partial charge on any atom is -0.282 e. The number of rotatable bonds is 2. The zero-order valence-electron chi connectivity index (χ0n) is 9.60. The van der Waals surface area contributed by atoms with E-state index < -0.39 is 10.0 Å². The van der Waals surface area contributed by atoms with Gasteiger partial charge >= 0.3 is 0 Å². The summed E-state index contributed by atoms with van der Waals surface area (Å²) in [6.07, 6.45) is 4.86. The fourth-order valence-corrected chi connectivity index (χ4v) is 3.27. The quantitative estimate of drug-likeness (QED) is 0.832. The van der Waals surface area contributed by atoms with Crippen LogP contribution >= 0.6 is 0 Å². The van der Waals surface area contributed by atoms with Crippen molar-refractivity contribution in [1.29, 1.82) is 0 Å². The predicted molar refractivity (Wildman–Crippen MR) is 61.6 cm³/mol. The van der Waals surface area contributed by atoms with Gasteiger partial charge < -0.3 is 0 Å². The van der Waals surface area contributed by atoms with Crippen molar-refractivity contribution in [2.75, 3.05) is 19.3 Å². The number of sulfonamides is 1. The van der Waals surface area contributed by atoms with Crippen molar-refractivity contribution in [2.24, 2.45) is 0 Å². The van der Waals surface area contributed by atoms with E-state index in [1.54, 1.807) is 10.5 Å².